The van der Waals surface area contributed by atoms with Gasteiger partial charge in [0.1, 0.15) is 31.6 Å². The minimum Gasteiger partial charge on any atom is -0.473 e. The fourth-order valence-corrected chi connectivity index (χ4v) is 2.83. The smallest absolute Gasteiger partial charge is 0.180 e. The van der Waals surface area contributed by atoms with E-state index in [1.807, 2.05) is 168 Å². The van der Waals surface area contributed by atoms with Gasteiger partial charge >= 0.3 is 0 Å². The van der Waals surface area contributed by atoms with E-state index < -0.39 is 0 Å². The molecule has 0 radical (unpaired) electrons. The molecule has 11 aromatic heterocycles. The SMILES string of the molecule is C.C.C.C.C.C.CC.CC.CC.CC.CC.CC.CC(C)C.CC(C)C.CC(C)C.CC(C)C.CC(C)C.CC(C)C.CC(C)C.CCC.CCC.CCC.CCC.CCC.c1c[nH]cn1.c1ccccc1.c1ccncc1.c1ccnnc1.c1ccoc1.c1cn[nH]c1.c1cn[nH]n1.c1cnccn1.c1cncnc1.c1cnncn1.c1cocn1.c1nc[nH]n1. The van der Waals surface area contributed by atoms with E-state index in [1.165, 1.54) is 76.3 Å². The number of nitrogens with one attached hydrogen (secondary N) is 4. The van der Waals surface area contributed by atoms with Gasteiger partial charge < -0.3 is 13.8 Å². The number of nitrogens with zero attached hydrogens (tertiary/aromatic N) is 17. The van der Waals surface area contributed by atoms with Crippen molar-refractivity contribution in [3.05, 3.63) is 266 Å². The Labute approximate surface area is 791 Å². The fourth-order valence-electron chi connectivity index (χ4n) is 2.83. The molecule has 0 saturated heterocycles. The second-order valence-corrected chi connectivity index (χ2v) is 25.6. The summed E-state index contributed by atoms with van der Waals surface area (Å²) in [6.07, 6.45) is 51.3. The average Bonchev–Trinajstić information content (AvgIpc) is 2.07. The molecule has 0 saturated carbocycles. The molecule has 0 bridgehead atoms. The lowest BCUT2D eigenvalue weighted by Gasteiger charge is -1.79. The summed E-state index contributed by atoms with van der Waals surface area (Å²) in [6.45, 7) is 90.7. The van der Waals surface area contributed by atoms with Crippen molar-refractivity contribution in [3.63, 3.8) is 0 Å². The largest absolute Gasteiger partial charge is 0.473 e. The summed E-state index contributed by atoms with van der Waals surface area (Å²) >= 11 is 0. The van der Waals surface area contributed by atoms with Crippen LogP contribution in [0.2, 0.25) is 0 Å². The molecule has 4 N–H and O–H groups in total. The monoisotopic (exact) mass is 1790 g/mol. The first-order chi connectivity index (χ1) is 58.2. The summed E-state index contributed by atoms with van der Waals surface area (Å²) in [5, 5.41) is 35.5. The molecule has 0 unspecified atom stereocenters. The van der Waals surface area contributed by atoms with Gasteiger partial charge in [-0.1, -0.05) is 417 Å². The summed E-state index contributed by atoms with van der Waals surface area (Å²) in [5.74, 6) is 5.83. The first kappa shape index (κ1) is 182. The molecule has 750 valence electrons. The summed E-state index contributed by atoms with van der Waals surface area (Å²) in [7, 11) is 0. The van der Waals surface area contributed by atoms with Crippen LogP contribution in [0.3, 0.4) is 0 Å². The van der Waals surface area contributed by atoms with Gasteiger partial charge in [0.05, 0.1) is 43.6 Å². The second kappa shape index (κ2) is 228. The number of H-pyrrole nitrogens is 4. The number of furan rings is 1. The fraction of sp³-hybridized carbons (Fsp3) is 0.587. The van der Waals surface area contributed by atoms with E-state index in [0.717, 1.165) is 41.4 Å². The maximum absolute atomic E-state index is 4.58. The number of hydrogen-bond acceptors (Lipinski definition) is 19. The van der Waals surface area contributed by atoms with E-state index >= 15 is 0 Å². The molecule has 0 aliphatic carbocycles. The van der Waals surface area contributed by atoms with Crippen LogP contribution >= 0.6 is 0 Å². The number of hydrogen-bond donors (Lipinski definition) is 4. The van der Waals surface area contributed by atoms with Crippen LogP contribution in [0.5, 0.6) is 0 Å². The summed E-state index contributed by atoms with van der Waals surface area (Å²) in [4.78, 5) is 35.7. The van der Waals surface area contributed by atoms with Gasteiger partial charge in [-0.15, -0.1) is 5.10 Å². The highest BCUT2D eigenvalue weighted by molar-refractivity contribution is 4.99. The highest BCUT2D eigenvalue weighted by Gasteiger charge is 1.72. The minimum atomic E-state index is 0. The van der Waals surface area contributed by atoms with E-state index in [0.29, 0.717) is 0 Å². The molecule has 0 aliphatic rings. The molecule has 1 aromatic carbocycles. The maximum atomic E-state index is 4.58. The lowest BCUT2D eigenvalue weighted by atomic mass is 10.3. The Morgan fingerprint density at radius 2 is 0.520 bits per heavy atom. The van der Waals surface area contributed by atoms with Gasteiger partial charge in [-0.3, -0.25) is 25.1 Å². The molecule has 11 heterocycles. The number of pyridine rings is 1. The Morgan fingerprint density at radius 1 is 0.213 bits per heavy atom. The summed E-state index contributed by atoms with van der Waals surface area (Å²) in [5.41, 5.74) is 0. The normalized spacial score (nSPS) is 7.13. The van der Waals surface area contributed by atoms with Gasteiger partial charge in [-0.2, -0.15) is 40.9 Å². The summed E-state index contributed by atoms with van der Waals surface area (Å²) < 4.78 is 9.06. The van der Waals surface area contributed by atoms with Crippen molar-refractivity contribution in [2.45, 2.75) is 374 Å². The Kier molecular flexibility index (Phi) is 327. The summed E-state index contributed by atoms with van der Waals surface area (Å²) in [6, 6.07) is 28.6. The van der Waals surface area contributed by atoms with Crippen LogP contribution in [0.4, 0.5) is 0 Å². The zero-order chi connectivity index (χ0) is 97.2. The molecule has 0 fully saturated rings. The molecule has 12 rings (SSSR count). The van der Waals surface area contributed by atoms with E-state index in [1.54, 1.807) is 136 Å². The molecule has 0 aliphatic heterocycles. The molecular formula is C104H217N21O2. The van der Waals surface area contributed by atoms with Crippen LogP contribution in [0.1, 0.15) is 374 Å². The van der Waals surface area contributed by atoms with Crippen molar-refractivity contribution >= 4 is 0 Å². The van der Waals surface area contributed by atoms with Crippen LogP contribution in [0.25, 0.3) is 0 Å². The van der Waals surface area contributed by atoms with Gasteiger partial charge in [0.2, 0.25) is 0 Å². The van der Waals surface area contributed by atoms with Crippen molar-refractivity contribution in [2.75, 3.05) is 0 Å². The van der Waals surface area contributed by atoms with E-state index in [9.17, 15) is 0 Å². The molecule has 0 spiro atoms. The van der Waals surface area contributed by atoms with Gasteiger partial charge in [-0.05, 0) is 90.0 Å². The average molecular weight is 1790 g/mol. The van der Waals surface area contributed by atoms with Crippen molar-refractivity contribution in [3.8, 4) is 0 Å². The zero-order valence-corrected chi connectivity index (χ0v) is 85.8. The number of aromatic nitrogens is 21. The Morgan fingerprint density at radius 3 is 0.614 bits per heavy atom. The quantitative estimate of drug-likeness (QED) is 0.110. The second-order valence-electron chi connectivity index (χ2n) is 25.6. The molecule has 0 atom stereocenters. The van der Waals surface area contributed by atoms with Crippen molar-refractivity contribution in [2.24, 2.45) is 41.4 Å². The van der Waals surface area contributed by atoms with Crippen LogP contribution in [-0.2, 0) is 0 Å². The third kappa shape index (κ3) is 482. The molecule has 127 heavy (non-hydrogen) atoms. The van der Waals surface area contributed by atoms with Gasteiger partial charge in [-0.25, -0.2) is 29.9 Å². The maximum Gasteiger partial charge on any atom is 0.180 e. The van der Waals surface area contributed by atoms with E-state index in [2.05, 4.69) is 330 Å². The number of rotatable bonds is 0. The molecular weight excluding hydrogens is 1580 g/mol. The van der Waals surface area contributed by atoms with E-state index in [-0.39, 0.29) is 44.6 Å². The Balaban J connectivity index is -0.0000000395. The van der Waals surface area contributed by atoms with Crippen LogP contribution in [0.15, 0.2) is 274 Å². The van der Waals surface area contributed by atoms with Crippen LogP contribution < -0.4 is 0 Å². The minimum absolute atomic E-state index is 0. The number of oxazole rings is 1. The predicted molar refractivity (Wildman–Crippen MR) is 574 cm³/mol. The van der Waals surface area contributed by atoms with Crippen molar-refractivity contribution in [1.29, 1.82) is 0 Å². The highest BCUT2D eigenvalue weighted by atomic mass is 16.3. The van der Waals surface area contributed by atoms with E-state index in [4.69, 9.17) is 0 Å². The lowest BCUT2D eigenvalue weighted by Crippen LogP contribution is -1.75. The highest BCUT2D eigenvalue weighted by Crippen LogP contribution is 1.86. The Hall–Kier alpha value is -10.2. The zero-order valence-electron chi connectivity index (χ0n) is 85.8. The van der Waals surface area contributed by atoms with Gasteiger partial charge in [0.25, 0.3) is 0 Å². The van der Waals surface area contributed by atoms with Crippen molar-refractivity contribution in [1.82, 2.24) is 106 Å². The topological polar surface area (TPSA) is 309 Å². The van der Waals surface area contributed by atoms with Gasteiger partial charge in [0.15, 0.2) is 6.39 Å². The van der Waals surface area contributed by atoms with Crippen molar-refractivity contribution < 1.29 is 8.83 Å². The number of aromatic amines is 4. The molecule has 0 amide bonds. The Bertz CT molecular complexity index is 2020. The standard InChI is InChI=1S/C6H6.C5H5N.3C4H4N2.C4H4O.7C4H10.C3H3N3.2C3H4N2.C3H3NO.5C3H8.2C2H3N3.6C2H6.6CH4/c2*1-2-4-6-5-3-1;1-2-6-4-3-5-1;1-2-5-4-6-3-1;1-2-4-6-5-3-1;1-2-4-5-3-1;7*1-4(2)3;1-2-5-6-3-4-1;1-2-5-3-4-1;1-2-4-5-3-1;1-2-5-3-4-1;5*1-3-2;1-3-2-5-4-1;1-2-4-5-3-1;6*1-2;;;;;;/h1-6H;1-5H;3*1-4H;1-4H;7*4H,1-3H3;1-3H;2*1-3H,(H,4,5);1-3H;5*3H2,1-2H3;2*1-2H,(H,3,4,5);6*1-2H3;6*1H4. The third-order valence-electron chi connectivity index (χ3n) is 5.32. The molecule has 23 nitrogen and oxygen atoms in total. The van der Waals surface area contributed by atoms with Crippen LogP contribution in [0, 0.1) is 41.4 Å². The number of benzene rings is 1. The lowest BCUT2D eigenvalue weighted by molar-refractivity contribution is 0.558. The predicted octanol–water partition coefficient (Wildman–Crippen LogP) is 35.1. The first-order valence-corrected chi connectivity index (χ1v) is 44.0. The first-order valence-electron chi connectivity index (χ1n) is 44.0. The number of imidazole rings is 1. The molecule has 23 heteroatoms. The molecule has 12 aromatic rings. The third-order valence-corrected chi connectivity index (χ3v) is 5.32. The van der Waals surface area contributed by atoms with Crippen LogP contribution in [-0.4, -0.2) is 106 Å². The van der Waals surface area contributed by atoms with Gasteiger partial charge in [0, 0.05) is 93.0 Å².